The smallest absolute Gasteiger partial charge is 0.226 e. The molecule has 0 bridgehead atoms. The van der Waals surface area contributed by atoms with Crippen LogP contribution in [0.2, 0.25) is 0 Å². The van der Waals surface area contributed by atoms with Crippen molar-refractivity contribution in [1.82, 2.24) is 5.32 Å². The van der Waals surface area contributed by atoms with Crippen molar-refractivity contribution in [1.29, 1.82) is 0 Å². The first-order valence-electron chi connectivity index (χ1n) is 15.1. The molecule has 5 aliphatic rings. The van der Waals surface area contributed by atoms with Gasteiger partial charge in [0.1, 0.15) is 0 Å². The molecule has 1 N–H and O–H groups in total. The molecule has 5 aliphatic carbocycles. The lowest BCUT2D eigenvalue weighted by Crippen LogP contribution is -2.66. The second-order valence-corrected chi connectivity index (χ2v) is 15.7. The van der Waals surface area contributed by atoms with Gasteiger partial charge >= 0.3 is 0 Å². The molecule has 0 spiro atoms. The van der Waals surface area contributed by atoms with Crippen LogP contribution in [0.4, 0.5) is 0 Å². The number of Topliss-reactive ketones (excluding diaryl/α,β-unsaturated/α-hetero) is 2. The van der Waals surface area contributed by atoms with E-state index in [1.807, 2.05) is 26.0 Å². The van der Waals surface area contributed by atoms with Crippen LogP contribution < -0.4 is 5.32 Å². The maximum atomic E-state index is 14.5. The Morgan fingerprint density at radius 2 is 1.65 bits per heavy atom. The molecule has 5 rings (SSSR count). The number of fused-ring (bicyclic) bond motifs is 7. The lowest BCUT2D eigenvalue weighted by atomic mass is 9.34. The fourth-order valence-electron chi connectivity index (χ4n) is 10.5. The summed E-state index contributed by atoms with van der Waals surface area (Å²) in [5, 5.41) is 2.75. The quantitative estimate of drug-likeness (QED) is 0.423. The first kappa shape index (κ1) is 29.0. The number of nitrogens with one attached hydrogen (secondary N) is 1. The number of hydrogen-bond donors (Lipinski definition) is 1. The van der Waals surface area contributed by atoms with Gasteiger partial charge in [-0.25, -0.2) is 4.85 Å². The molecule has 3 saturated carbocycles. The van der Waals surface area contributed by atoms with Crippen LogP contribution in [0.3, 0.4) is 0 Å². The minimum Gasteiger partial charge on any atom is -0.349 e. The average Bonchev–Trinajstić information content (AvgIpc) is 2.86. The highest BCUT2D eigenvalue weighted by atomic mass is 16.2. The second kappa shape index (κ2) is 8.73. The van der Waals surface area contributed by atoms with E-state index < -0.39 is 16.2 Å². The van der Waals surface area contributed by atoms with Crippen molar-refractivity contribution in [2.45, 2.75) is 100 Å². The number of hydrogen-bond acceptors (Lipinski definition) is 4. The molecular formula is C34H46N2O4. The van der Waals surface area contributed by atoms with Crippen LogP contribution in [-0.2, 0) is 19.2 Å². The van der Waals surface area contributed by atoms with Crippen molar-refractivity contribution in [3.05, 3.63) is 34.8 Å². The zero-order valence-corrected chi connectivity index (χ0v) is 25.6. The first-order valence-corrected chi connectivity index (χ1v) is 15.1. The van der Waals surface area contributed by atoms with Crippen molar-refractivity contribution in [2.75, 3.05) is 6.54 Å². The maximum absolute atomic E-state index is 14.5. The van der Waals surface area contributed by atoms with Crippen LogP contribution in [-0.4, -0.2) is 29.8 Å². The third-order valence-electron chi connectivity index (χ3n) is 12.9. The number of amides is 1. The Bertz CT molecular complexity index is 1310. The summed E-state index contributed by atoms with van der Waals surface area (Å²) in [6.45, 7) is 24.4. The van der Waals surface area contributed by atoms with E-state index in [1.54, 1.807) is 0 Å². The van der Waals surface area contributed by atoms with Crippen LogP contribution in [0, 0.1) is 56.8 Å². The largest absolute Gasteiger partial charge is 0.349 e. The molecule has 0 heterocycles. The van der Waals surface area contributed by atoms with E-state index in [9.17, 15) is 19.2 Å². The Morgan fingerprint density at radius 3 is 2.27 bits per heavy atom. The highest BCUT2D eigenvalue weighted by Gasteiger charge is 2.70. The molecule has 216 valence electrons. The Labute approximate surface area is 239 Å². The molecular weight excluding hydrogens is 500 g/mol. The van der Waals surface area contributed by atoms with Crippen LogP contribution in [0.5, 0.6) is 0 Å². The van der Waals surface area contributed by atoms with Crippen LogP contribution >= 0.6 is 0 Å². The highest BCUT2D eigenvalue weighted by molar-refractivity contribution is 6.03. The van der Waals surface area contributed by atoms with Gasteiger partial charge in [-0.3, -0.25) is 14.4 Å². The number of nitrogens with zero attached hydrogens (tertiary/aromatic N) is 1. The average molecular weight is 547 g/mol. The van der Waals surface area contributed by atoms with E-state index in [2.05, 4.69) is 44.8 Å². The van der Waals surface area contributed by atoms with Gasteiger partial charge in [0, 0.05) is 29.1 Å². The highest BCUT2D eigenvalue weighted by Crippen LogP contribution is 2.74. The van der Waals surface area contributed by atoms with Gasteiger partial charge in [-0.2, -0.15) is 0 Å². The summed E-state index contributed by atoms with van der Waals surface area (Å²) >= 11 is 0. The van der Waals surface area contributed by atoms with Crippen molar-refractivity contribution < 1.29 is 19.2 Å². The summed E-state index contributed by atoms with van der Waals surface area (Å²) in [4.78, 5) is 57.0. The predicted octanol–water partition coefficient (Wildman–Crippen LogP) is 6.26. The SMILES string of the molecule is [C-]#[N+]C1=C[C@]2(C)C3=CC(=O)[C@@H]4[C@@H]5CC(C)(C)CC[C@]5(C(=O)CNC(C)=O)CC[C@@]4(C)[C@]3(C)CC[C@H]2C(C)(C)C1=O. The molecule has 0 aromatic heterocycles. The van der Waals surface area contributed by atoms with E-state index in [0.717, 1.165) is 50.5 Å². The molecule has 1 amide bonds. The number of carbonyl (C=O) groups is 4. The van der Waals surface area contributed by atoms with Crippen molar-refractivity contribution in [3.8, 4) is 0 Å². The maximum Gasteiger partial charge on any atom is 0.226 e. The summed E-state index contributed by atoms with van der Waals surface area (Å²) in [6, 6.07) is 0. The molecule has 0 aromatic carbocycles. The Balaban J connectivity index is 1.66. The molecule has 0 radical (unpaired) electrons. The normalized spacial score (nSPS) is 43.0. The summed E-state index contributed by atoms with van der Waals surface area (Å²) in [6.07, 6.45) is 9.48. The minimum atomic E-state index is -0.683. The summed E-state index contributed by atoms with van der Waals surface area (Å²) < 4.78 is 0. The fraction of sp³-hybridized carbons (Fsp3) is 0.735. The van der Waals surface area contributed by atoms with Crippen LogP contribution in [0.1, 0.15) is 100 Å². The number of rotatable bonds is 3. The van der Waals surface area contributed by atoms with Gasteiger partial charge in [0.15, 0.2) is 17.3 Å². The van der Waals surface area contributed by atoms with Crippen molar-refractivity contribution >= 4 is 23.3 Å². The predicted molar refractivity (Wildman–Crippen MR) is 154 cm³/mol. The van der Waals surface area contributed by atoms with Crippen LogP contribution in [0.25, 0.3) is 4.85 Å². The van der Waals surface area contributed by atoms with E-state index in [4.69, 9.17) is 6.57 Å². The lowest BCUT2D eigenvalue weighted by molar-refractivity contribution is -0.177. The number of carbonyl (C=O) groups excluding carboxylic acids is 4. The monoisotopic (exact) mass is 546 g/mol. The number of ketones is 3. The molecule has 40 heavy (non-hydrogen) atoms. The number of allylic oxidation sites excluding steroid dienone is 4. The zero-order valence-electron chi connectivity index (χ0n) is 25.6. The Kier molecular flexibility index (Phi) is 6.32. The standard InChI is InChI=1S/C34H46N2O4/c1-20(37)36-19-26(39)34-14-12-29(2,3)17-21(34)27-23(38)16-25-31(6)18-22(35-9)28(40)30(4,5)24(31)10-11-32(25,7)33(27,8)13-15-34/h16,18,21,24,27H,10-15,17,19H2,1-8H3,(H,36,37)/t21-,24-,27-,31-,32+,33+,34-/m0/s1. The van der Waals surface area contributed by atoms with E-state index in [1.165, 1.54) is 6.92 Å². The summed E-state index contributed by atoms with van der Waals surface area (Å²) in [7, 11) is 0. The Morgan fingerprint density at radius 1 is 1.00 bits per heavy atom. The molecule has 0 aliphatic heterocycles. The van der Waals surface area contributed by atoms with Crippen molar-refractivity contribution in [3.63, 3.8) is 0 Å². The molecule has 0 saturated heterocycles. The van der Waals surface area contributed by atoms with E-state index in [-0.39, 0.29) is 69.5 Å². The van der Waals surface area contributed by atoms with Gasteiger partial charge in [-0.15, -0.1) is 0 Å². The third-order valence-corrected chi connectivity index (χ3v) is 12.9. The molecule has 0 unspecified atom stereocenters. The molecule has 3 fully saturated rings. The van der Waals surface area contributed by atoms with Gasteiger partial charge < -0.3 is 10.1 Å². The molecule has 0 aromatic rings. The van der Waals surface area contributed by atoms with Gasteiger partial charge in [-0.1, -0.05) is 60.1 Å². The van der Waals surface area contributed by atoms with E-state index >= 15 is 0 Å². The lowest BCUT2D eigenvalue weighted by Gasteiger charge is -2.69. The molecule has 7 atom stereocenters. The van der Waals surface area contributed by atoms with Gasteiger partial charge in [0.05, 0.1) is 13.1 Å². The fourth-order valence-corrected chi connectivity index (χ4v) is 10.5. The van der Waals surface area contributed by atoms with Gasteiger partial charge in [0.2, 0.25) is 11.6 Å². The first-order chi connectivity index (χ1) is 18.4. The van der Waals surface area contributed by atoms with Crippen molar-refractivity contribution in [2.24, 2.45) is 50.2 Å². The van der Waals surface area contributed by atoms with Gasteiger partial charge in [-0.05, 0) is 79.1 Å². The summed E-state index contributed by atoms with van der Waals surface area (Å²) in [5.74, 6) is -0.473. The molecule has 6 heteroatoms. The topological polar surface area (TPSA) is 84.7 Å². The third kappa shape index (κ3) is 3.64. The minimum absolute atomic E-state index is 0.0146. The van der Waals surface area contributed by atoms with Crippen LogP contribution in [0.15, 0.2) is 23.4 Å². The molecule has 6 nitrogen and oxygen atoms in total. The Hall–Kier alpha value is -2.55. The van der Waals surface area contributed by atoms with Gasteiger partial charge in [0.25, 0.3) is 0 Å². The zero-order chi connectivity index (χ0) is 29.7. The summed E-state index contributed by atoms with van der Waals surface area (Å²) in [5.41, 5.74) is -1.20. The van der Waals surface area contributed by atoms with E-state index in [0.29, 0.717) is 0 Å². The second-order valence-electron chi connectivity index (χ2n) is 15.7.